The van der Waals surface area contributed by atoms with Gasteiger partial charge in [0, 0.05) is 18.8 Å². The Labute approximate surface area is 147 Å². The number of hydrogen-bond donors (Lipinski definition) is 2. The van der Waals surface area contributed by atoms with Crippen LogP contribution in [0.4, 0.5) is 5.69 Å². The number of aryl methyl sites for hydroxylation is 2. The third kappa shape index (κ3) is 4.09. The number of rotatable bonds is 6. The first-order valence-electron chi connectivity index (χ1n) is 8.30. The standard InChI is InChI=1S/C19H23N5O/c1-14-22-17-6-3-4-7-18(17)24(14)13-5-12-21-19(20)23-15-8-10-16(25-2)11-9-15/h3-4,6-11H,5,12-13H2,1-2H3,(H3,20,21,23). The topological polar surface area (TPSA) is 77.5 Å². The molecule has 1 aromatic heterocycles. The summed E-state index contributed by atoms with van der Waals surface area (Å²) in [5.41, 5.74) is 9.02. The first-order chi connectivity index (χ1) is 12.2. The molecule has 0 aliphatic heterocycles. The Morgan fingerprint density at radius 2 is 1.96 bits per heavy atom. The second-order valence-electron chi connectivity index (χ2n) is 5.77. The molecule has 6 nitrogen and oxygen atoms in total. The molecule has 0 unspecified atom stereocenters. The smallest absolute Gasteiger partial charge is 0.193 e. The predicted octanol–water partition coefficient (Wildman–Crippen LogP) is 3.17. The number of methoxy groups -OCH3 is 1. The average Bonchev–Trinajstić information content (AvgIpc) is 2.95. The maximum absolute atomic E-state index is 5.94. The molecule has 0 aliphatic rings. The van der Waals surface area contributed by atoms with Gasteiger partial charge >= 0.3 is 0 Å². The van der Waals surface area contributed by atoms with Gasteiger partial charge < -0.3 is 20.4 Å². The summed E-state index contributed by atoms with van der Waals surface area (Å²) in [6.07, 6.45) is 0.895. The van der Waals surface area contributed by atoms with Crippen molar-refractivity contribution in [3.05, 3.63) is 54.4 Å². The average molecular weight is 337 g/mol. The van der Waals surface area contributed by atoms with Gasteiger partial charge in [-0.15, -0.1) is 0 Å². The van der Waals surface area contributed by atoms with Crippen LogP contribution in [0.1, 0.15) is 12.2 Å². The molecule has 3 rings (SSSR count). The zero-order chi connectivity index (χ0) is 17.6. The molecule has 0 radical (unpaired) electrons. The van der Waals surface area contributed by atoms with Crippen LogP contribution >= 0.6 is 0 Å². The minimum absolute atomic E-state index is 0.414. The summed E-state index contributed by atoms with van der Waals surface area (Å²) in [5.74, 6) is 2.25. The van der Waals surface area contributed by atoms with Crippen molar-refractivity contribution in [2.24, 2.45) is 10.7 Å². The molecule has 0 atom stereocenters. The fourth-order valence-electron chi connectivity index (χ4n) is 2.77. The maximum atomic E-state index is 5.94. The number of imidazole rings is 1. The lowest BCUT2D eigenvalue weighted by molar-refractivity contribution is 0.415. The molecular formula is C19H23N5O. The summed E-state index contributed by atoms with van der Waals surface area (Å²) >= 11 is 0. The van der Waals surface area contributed by atoms with Crippen LogP contribution in [0.15, 0.2) is 53.5 Å². The lowest BCUT2D eigenvalue weighted by Gasteiger charge is -2.08. The second-order valence-corrected chi connectivity index (χ2v) is 5.77. The molecule has 0 saturated carbocycles. The van der Waals surface area contributed by atoms with E-state index >= 15 is 0 Å². The second kappa shape index (κ2) is 7.70. The first kappa shape index (κ1) is 16.8. The number of para-hydroxylation sites is 2. The Morgan fingerprint density at radius 3 is 2.72 bits per heavy atom. The Morgan fingerprint density at radius 1 is 1.20 bits per heavy atom. The van der Waals surface area contributed by atoms with Crippen LogP contribution in [0, 0.1) is 6.92 Å². The molecule has 1 heterocycles. The van der Waals surface area contributed by atoms with Crippen LogP contribution in [0.25, 0.3) is 11.0 Å². The maximum Gasteiger partial charge on any atom is 0.193 e. The minimum Gasteiger partial charge on any atom is -0.497 e. The van der Waals surface area contributed by atoms with E-state index in [0.29, 0.717) is 12.5 Å². The van der Waals surface area contributed by atoms with Crippen molar-refractivity contribution in [1.29, 1.82) is 0 Å². The molecule has 2 aromatic carbocycles. The van der Waals surface area contributed by atoms with Crippen molar-refractivity contribution in [2.75, 3.05) is 19.0 Å². The zero-order valence-electron chi connectivity index (χ0n) is 14.6. The summed E-state index contributed by atoms with van der Waals surface area (Å²) in [4.78, 5) is 8.97. The molecule has 6 heteroatoms. The molecule has 0 saturated heterocycles. The number of nitrogens with zero attached hydrogens (tertiary/aromatic N) is 3. The summed E-state index contributed by atoms with van der Waals surface area (Å²) in [7, 11) is 1.64. The zero-order valence-corrected chi connectivity index (χ0v) is 14.6. The van der Waals surface area contributed by atoms with Gasteiger partial charge in [0.2, 0.25) is 0 Å². The minimum atomic E-state index is 0.414. The van der Waals surface area contributed by atoms with Crippen LogP contribution < -0.4 is 15.8 Å². The quantitative estimate of drug-likeness (QED) is 0.411. The first-order valence-corrected chi connectivity index (χ1v) is 8.30. The molecule has 0 aliphatic carbocycles. The largest absolute Gasteiger partial charge is 0.497 e. The molecule has 0 bridgehead atoms. The Bertz CT molecular complexity index is 867. The summed E-state index contributed by atoms with van der Waals surface area (Å²) in [5, 5.41) is 3.08. The van der Waals surface area contributed by atoms with Crippen LogP contribution in [-0.2, 0) is 6.54 Å². The number of anilines is 1. The summed E-state index contributed by atoms with van der Waals surface area (Å²) in [6.45, 7) is 3.55. The van der Waals surface area contributed by atoms with E-state index in [4.69, 9.17) is 10.5 Å². The van der Waals surface area contributed by atoms with Crippen molar-refractivity contribution in [2.45, 2.75) is 19.9 Å². The van der Waals surface area contributed by atoms with Gasteiger partial charge in [-0.2, -0.15) is 0 Å². The third-order valence-electron chi connectivity index (χ3n) is 4.03. The van der Waals surface area contributed by atoms with E-state index in [1.165, 1.54) is 0 Å². The van der Waals surface area contributed by atoms with Crippen LogP contribution in [-0.4, -0.2) is 29.2 Å². The van der Waals surface area contributed by atoms with Gasteiger partial charge in [0.1, 0.15) is 11.6 Å². The van der Waals surface area contributed by atoms with Gasteiger partial charge in [-0.3, -0.25) is 4.99 Å². The van der Waals surface area contributed by atoms with Gasteiger partial charge in [0.25, 0.3) is 0 Å². The Balaban J connectivity index is 1.54. The fraction of sp³-hybridized carbons (Fsp3) is 0.263. The van der Waals surface area contributed by atoms with Crippen molar-refractivity contribution in [3.63, 3.8) is 0 Å². The highest BCUT2D eigenvalue weighted by molar-refractivity contribution is 5.92. The SMILES string of the molecule is COc1ccc(NC(N)=NCCCn2c(C)nc3ccccc32)cc1. The fourth-order valence-corrected chi connectivity index (χ4v) is 2.77. The molecular weight excluding hydrogens is 314 g/mol. The molecule has 0 amide bonds. The predicted molar refractivity (Wildman–Crippen MR) is 102 cm³/mol. The Kier molecular flexibility index (Phi) is 5.18. The highest BCUT2D eigenvalue weighted by Crippen LogP contribution is 2.16. The number of nitrogens with one attached hydrogen (secondary N) is 1. The summed E-state index contributed by atoms with van der Waals surface area (Å²) in [6, 6.07) is 15.7. The summed E-state index contributed by atoms with van der Waals surface area (Å²) < 4.78 is 7.35. The van der Waals surface area contributed by atoms with E-state index in [1.54, 1.807) is 7.11 Å². The van der Waals surface area contributed by atoms with Crippen molar-refractivity contribution >= 4 is 22.7 Å². The van der Waals surface area contributed by atoms with Crippen molar-refractivity contribution in [1.82, 2.24) is 9.55 Å². The number of ether oxygens (including phenoxy) is 1. The van der Waals surface area contributed by atoms with Crippen molar-refractivity contribution < 1.29 is 4.74 Å². The number of aromatic nitrogens is 2. The van der Waals surface area contributed by atoms with Gasteiger partial charge in [0.05, 0.1) is 18.1 Å². The molecule has 3 aromatic rings. The highest BCUT2D eigenvalue weighted by Gasteiger charge is 2.05. The van der Waals surface area contributed by atoms with E-state index in [-0.39, 0.29) is 0 Å². The van der Waals surface area contributed by atoms with Gasteiger partial charge in [-0.25, -0.2) is 4.98 Å². The third-order valence-corrected chi connectivity index (χ3v) is 4.03. The monoisotopic (exact) mass is 337 g/mol. The highest BCUT2D eigenvalue weighted by atomic mass is 16.5. The number of hydrogen-bond acceptors (Lipinski definition) is 3. The van der Waals surface area contributed by atoms with Gasteiger partial charge in [-0.1, -0.05) is 12.1 Å². The number of benzene rings is 2. The van der Waals surface area contributed by atoms with E-state index in [1.807, 2.05) is 49.4 Å². The van der Waals surface area contributed by atoms with Crippen LogP contribution in [0.2, 0.25) is 0 Å². The normalized spacial score (nSPS) is 11.7. The van der Waals surface area contributed by atoms with E-state index in [0.717, 1.165) is 41.3 Å². The lowest BCUT2D eigenvalue weighted by atomic mass is 10.3. The Hall–Kier alpha value is -3.02. The van der Waals surface area contributed by atoms with E-state index < -0.39 is 0 Å². The number of fused-ring (bicyclic) bond motifs is 1. The molecule has 0 fully saturated rings. The van der Waals surface area contributed by atoms with Gasteiger partial charge in [-0.05, 0) is 49.7 Å². The molecule has 3 N–H and O–H groups in total. The molecule has 25 heavy (non-hydrogen) atoms. The number of guanidine groups is 1. The molecule has 0 spiro atoms. The van der Waals surface area contributed by atoms with Crippen molar-refractivity contribution in [3.8, 4) is 5.75 Å². The number of aliphatic imine (C=N–C) groups is 1. The van der Waals surface area contributed by atoms with E-state index in [2.05, 4.69) is 25.9 Å². The molecule has 130 valence electrons. The lowest BCUT2D eigenvalue weighted by Crippen LogP contribution is -2.23. The van der Waals surface area contributed by atoms with Gasteiger partial charge in [0.15, 0.2) is 5.96 Å². The van der Waals surface area contributed by atoms with Crippen LogP contribution in [0.5, 0.6) is 5.75 Å². The number of nitrogens with two attached hydrogens (primary N) is 1. The van der Waals surface area contributed by atoms with E-state index in [9.17, 15) is 0 Å². The van der Waals surface area contributed by atoms with Crippen LogP contribution in [0.3, 0.4) is 0 Å².